The molecular formula is C10H14N4. The minimum absolute atomic E-state index is 0.412. The largest absolute Gasteiger partial charge is 0.382 e. The normalized spacial score (nSPS) is 13.1. The molecule has 0 fully saturated rings. The molecule has 0 saturated heterocycles. The van der Waals surface area contributed by atoms with Crippen LogP contribution in [0.3, 0.4) is 0 Å². The minimum atomic E-state index is 0.412. The topological polar surface area (TPSA) is 64.2 Å². The zero-order valence-corrected chi connectivity index (χ0v) is 8.65. The SMILES string of the molecule is C/C=C(C)\N=C(/C)c1cncc(N)n1. The summed E-state index contributed by atoms with van der Waals surface area (Å²) in [6.07, 6.45) is 5.10. The average Bonchev–Trinajstić information content (AvgIpc) is 2.17. The minimum Gasteiger partial charge on any atom is -0.382 e. The van der Waals surface area contributed by atoms with E-state index in [4.69, 9.17) is 5.73 Å². The first-order valence-electron chi connectivity index (χ1n) is 4.39. The first kappa shape index (κ1) is 10.4. The van der Waals surface area contributed by atoms with Crippen molar-refractivity contribution >= 4 is 11.5 Å². The van der Waals surface area contributed by atoms with E-state index in [0.717, 1.165) is 11.4 Å². The van der Waals surface area contributed by atoms with Crippen LogP contribution in [0.25, 0.3) is 0 Å². The van der Waals surface area contributed by atoms with Crippen LogP contribution in [0, 0.1) is 0 Å². The van der Waals surface area contributed by atoms with Crippen LogP contribution in [-0.4, -0.2) is 15.7 Å². The summed E-state index contributed by atoms with van der Waals surface area (Å²) in [6, 6.07) is 0. The van der Waals surface area contributed by atoms with E-state index in [1.54, 1.807) is 6.20 Å². The molecule has 1 heterocycles. The van der Waals surface area contributed by atoms with Gasteiger partial charge in [-0.3, -0.25) is 9.98 Å². The van der Waals surface area contributed by atoms with Crippen LogP contribution in [0.2, 0.25) is 0 Å². The number of nitrogens with two attached hydrogens (primary N) is 1. The number of aromatic nitrogens is 2. The van der Waals surface area contributed by atoms with Gasteiger partial charge in [-0.25, -0.2) is 4.98 Å². The van der Waals surface area contributed by atoms with Gasteiger partial charge in [0.1, 0.15) is 11.5 Å². The van der Waals surface area contributed by atoms with Crippen LogP contribution in [-0.2, 0) is 0 Å². The number of nitrogen functional groups attached to an aromatic ring is 1. The number of nitrogens with zero attached hydrogens (tertiary/aromatic N) is 3. The Morgan fingerprint density at radius 1 is 1.43 bits per heavy atom. The fourth-order valence-corrected chi connectivity index (χ4v) is 0.942. The molecule has 0 aliphatic rings. The highest BCUT2D eigenvalue weighted by atomic mass is 14.9. The van der Waals surface area contributed by atoms with Gasteiger partial charge in [-0.15, -0.1) is 0 Å². The third-order valence-electron chi connectivity index (χ3n) is 1.79. The lowest BCUT2D eigenvalue weighted by molar-refractivity contribution is 1.17. The van der Waals surface area contributed by atoms with Crippen molar-refractivity contribution in [2.45, 2.75) is 20.8 Å². The molecule has 0 aliphatic heterocycles. The van der Waals surface area contributed by atoms with E-state index in [-0.39, 0.29) is 0 Å². The Morgan fingerprint density at radius 2 is 2.14 bits per heavy atom. The van der Waals surface area contributed by atoms with Gasteiger partial charge in [0.2, 0.25) is 0 Å². The molecule has 4 heteroatoms. The van der Waals surface area contributed by atoms with Gasteiger partial charge >= 0.3 is 0 Å². The first-order chi connectivity index (χ1) is 6.63. The molecule has 0 saturated carbocycles. The number of hydrogen-bond donors (Lipinski definition) is 1. The van der Waals surface area contributed by atoms with E-state index in [1.807, 2.05) is 26.8 Å². The maximum absolute atomic E-state index is 5.52. The van der Waals surface area contributed by atoms with E-state index < -0.39 is 0 Å². The highest BCUT2D eigenvalue weighted by Crippen LogP contribution is 2.03. The highest BCUT2D eigenvalue weighted by Gasteiger charge is 1.99. The number of allylic oxidation sites excluding steroid dienone is 2. The van der Waals surface area contributed by atoms with Gasteiger partial charge in [0, 0.05) is 5.70 Å². The Bertz CT molecular complexity index is 379. The maximum atomic E-state index is 5.52. The van der Waals surface area contributed by atoms with Gasteiger partial charge in [-0.05, 0) is 20.8 Å². The summed E-state index contributed by atoms with van der Waals surface area (Å²) >= 11 is 0. The van der Waals surface area contributed by atoms with Crippen molar-refractivity contribution in [2.75, 3.05) is 5.73 Å². The summed E-state index contributed by atoms with van der Waals surface area (Å²) in [4.78, 5) is 12.4. The van der Waals surface area contributed by atoms with E-state index in [0.29, 0.717) is 11.5 Å². The molecule has 0 amide bonds. The van der Waals surface area contributed by atoms with Crippen LogP contribution in [0.15, 0.2) is 29.2 Å². The molecule has 0 bridgehead atoms. The predicted molar refractivity (Wildman–Crippen MR) is 58.1 cm³/mol. The second-order valence-corrected chi connectivity index (χ2v) is 2.96. The summed E-state index contributed by atoms with van der Waals surface area (Å²) in [5.41, 5.74) is 8.00. The van der Waals surface area contributed by atoms with Crippen molar-refractivity contribution in [3.8, 4) is 0 Å². The molecule has 1 aromatic heterocycles. The summed E-state index contributed by atoms with van der Waals surface area (Å²) in [5.74, 6) is 0.412. The Labute approximate surface area is 83.6 Å². The van der Waals surface area contributed by atoms with Gasteiger partial charge in [0.05, 0.1) is 18.1 Å². The van der Waals surface area contributed by atoms with E-state index >= 15 is 0 Å². The second kappa shape index (κ2) is 4.50. The number of hydrogen-bond acceptors (Lipinski definition) is 4. The van der Waals surface area contributed by atoms with Gasteiger partial charge in [0.25, 0.3) is 0 Å². The van der Waals surface area contributed by atoms with Crippen LogP contribution < -0.4 is 5.73 Å². The standard InChI is InChI=1S/C10H14N4/c1-4-7(2)13-8(3)9-5-12-6-10(11)14-9/h4-6H,1-3H3,(H2,11,14)/b7-4-,13-8+. The first-order valence-corrected chi connectivity index (χ1v) is 4.39. The van der Waals surface area contributed by atoms with E-state index in [1.165, 1.54) is 6.20 Å². The smallest absolute Gasteiger partial charge is 0.142 e. The third-order valence-corrected chi connectivity index (χ3v) is 1.79. The molecule has 1 aromatic rings. The lowest BCUT2D eigenvalue weighted by atomic mass is 10.3. The van der Waals surface area contributed by atoms with Crippen molar-refractivity contribution < 1.29 is 0 Å². The maximum Gasteiger partial charge on any atom is 0.142 e. The molecule has 0 spiro atoms. The van der Waals surface area contributed by atoms with Crippen LogP contribution in [0.1, 0.15) is 26.5 Å². The molecule has 4 nitrogen and oxygen atoms in total. The predicted octanol–water partition coefficient (Wildman–Crippen LogP) is 1.79. The molecule has 2 N–H and O–H groups in total. The molecule has 1 rings (SSSR count). The molecule has 0 atom stereocenters. The molecule has 0 aromatic carbocycles. The summed E-state index contributed by atoms with van der Waals surface area (Å²) < 4.78 is 0. The van der Waals surface area contributed by atoms with Crippen LogP contribution in [0.4, 0.5) is 5.82 Å². The van der Waals surface area contributed by atoms with Gasteiger partial charge in [0.15, 0.2) is 0 Å². The molecule has 0 aliphatic carbocycles. The van der Waals surface area contributed by atoms with Gasteiger partial charge < -0.3 is 5.73 Å². The quantitative estimate of drug-likeness (QED) is 0.723. The van der Waals surface area contributed by atoms with Crippen LogP contribution >= 0.6 is 0 Å². The Balaban J connectivity index is 3.00. The van der Waals surface area contributed by atoms with Crippen molar-refractivity contribution in [3.63, 3.8) is 0 Å². The monoisotopic (exact) mass is 190 g/mol. The lowest BCUT2D eigenvalue weighted by Crippen LogP contribution is -2.02. The van der Waals surface area contributed by atoms with Crippen molar-refractivity contribution in [3.05, 3.63) is 29.9 Å². The zero-order valence-electron chi connectivity index (χ0n) is 8.65. The Kier molecular flexibility index (Phi) is 3.34. The second-order valence-electron chi connectivity index (χ2n) is 2.96. The Hall–Kier alpha value is -1.71. The molecule has 74 valence electrons. The third kappa shape index (κ3) is 2.65. The zero-order chi connectivity index (χ0) is 10.6. The summed E-state index contributed by atoms with van der Waals surface area (Å²) in [5, 5.41) is 0. The fraction of sp³-hybridized carbons (Fsp3) is 0.300. The van der Waals surface area contributed by atoms with Gasteiger partial charge in [-0.1, -0.05) is 6.08 Å². The van der Waals surface area contributed by atoms with Crippen LogP contribution in [0.5, 0.6) is 0 Å². The van der Waals surface area contributed by atoms with Gasteiger partial charge in [-0.2, -0.15) is 0 Å². The van der Waals surface area contributed by atoms with E-state index in [2.05, 4.69) is 15.0 Å². The number of anilines is 1. The highest BCUT2D eigenvalue weighted by molar-refractivity contribution is 5.97. The number of aliphatic imine (C=N–C) groups is 1. The summed E-state index contributed by atoms with van der Waals surface area (Å²) in [7, 11) is 0. The Morgan fingerprint density at radius 3 is 2.71 bits per heavy atom. The van der Waals surface area contributed by atoms with Crippen molar-refractivity contribution in [1.29, 1.82) is 0 Å². The lowest BCUT2D eigenvalue weighted by Gasteiger charge is -2.00. The van der Waals surface area contributed by atoms with Crippen molar-refractivity contribution in [2.24, 2.45) is 4.99 Å². The van der Waals surface area contributed by atoms with E-state index in [9.17, 15) is 0 Å². The average molecular weight is 190 g/mol. The molecule has 0 unspecified atom stereocenters. The molecule has 14 heavy (non-hydrogen) atoms. The summed E-state index contributed by atoms with van der Waals surface area (Å²) in [6.45, 7) is 5.76. The molecule has 0 radical (unpaired) electrons. The molecular weight excluding hydrogens is 176 g/mol. The number of rotatable bonds is 2. The van der Waals surface area contributed by atoms with Crippen molar-refractivity contribution in [1.82, 2.24) is 9.97 Å². The fourth-order valence-electron chi connectivity index (χ4n) is 0.942.